The smallest absolute Gasteiger partial charge is 0.481 e. The fourth-order valence-electron chi connectivity index (χ4n) is 9.19. The lowest BCUT2D eigenvalue weighted by atomic mass is 9.42. The van der Waals surface area contributed by atoms with Crippen molar-refractivity contribution in [1.82, 2.24) is 0 Å². The van der Waals surface area contributed by atoms with Gasteiger partial charge in [0.2, 0.25) is 5.78 Å². The number of carboxylic acids is 1. The van der Waals surface area contributed by atoms with Crippen molar-refractivity contribution in [1.29, 1.82) is 0 Å². The number of aliphatic hydroxyl groups is 1. The molecule has 2 fully saturated rings. The molecule has 0 aromatic rings. The molecule has 0 saturated heterocycles. The Kier molecular flexibility index (Phi) is 7.46. The predicted molar refractivity (Wildman–Crippen MR) is 145 cm³/mol. The van der Waals surface area contributed by atoms with Crippen molar-refractivity contribution < 1.29 is 48.8 Å². The van der Waals surface area contributed by atoms with Crippen molar-refractivity contribution >= 4 is 35.3 Å². The number of ketones is 4. The van der Waals surface area contributed by atoms with Gasteiger partial charge in [0.25, 0.3) is 0 Å². The summed E-state index contributed by atoms with van der Waals surface area (Å²) in [7, 11) is 0. The molecule has 0 radical (unpaired) electrons. The van der Waals surface area contributed by atoms with E-state index in [0.717, 1.165) is 0 Å². The molecule has 4 aliphatic carbocycles. The van der Waals surface area contributed by atoms with Crippen LogP contribution >= 0.6 is 0 Å². The topological polar surface area (TPSA) is 172 Å². The van der Waals surface area contributed by atoms with Gasteiger partial charge in [0.05, 0.1) is 12.0 Å². The van der Waals surface area contributed by atoms with E-state index < -0.39 is 75.4 Å². The Morgan fingerprint density at radius 2 is 1.59 bits per heavy atom. The molecule has 0 aromatic heterocycles. The summed E-state index contributed by atoms with van der Waals surface area (Å²) < 4.78 is 5.38. The molecular formula is C31H42O10. The van der Waals surface area contributed by atoms with Crippen LogP contribution < -0.4 is 0 Å². The van der Waals surface area contributed by atoms with E-state index in [2.05, 4.69) is 0 Å². The van der Waals surface area contributed by atoms with Gasteiger partial charge in [0.1, 0.15) is 11.6 Å². The highest BCUT2D eigenvalue weighted by Gasteiger charge is 2.74. The van der Waals surface area contributed by atoms with Crippen LogP contribution in [0.4, 0.5) is 4.79 Å². The van der Waals surface area contributed by atoms with Gasteiger partial charge in [-0.2, -0.15) is 0 Å². The van der Waals surface area contributed by atoms with E-state index in [1.165, 1.54) is 6.92 Å². The van der Waals surface area contributed by atoms with E-state index in [1.807, 2.05) is 6.92 Å². The van der Waals surface area contributed by atoms with Gasteiger partial charge in [-0.05, 0) is 30.6 Å². The molecule has 4 rings (SSSR count). The van der Waals surface area contributed by atoms with Crippen molar-refractivity contribution in [3.63, 3.8) is 0 Å². The number of hydrogen-bond acceptors (Lipinski definition) is 8. The largest absolute Gasteiger partial charge is 0.506 e. The van der Waals surface area contributed by atoms with Gasteiger partial charge in [-0.3, -0.25) is 24.0 Å². The standard InChI is InChI=1S/C31H42O10/c1-14(10-16(32)11-15(2)26(37)38)17-12-21(35)31(7)22-18(33)13-19-28(3,4)20(34)8-9-29(19,5)23(22)24(36)25(30(17,31)6)41-27(39)40/h14-15,17,19,21,25,35H,8-13H2,1-7H3,(H,37,38)(H,39,40)/t14-,15+,17-,19+,21-,25-,29+,30+,31+/m1/s1. The maximum Gasteiger partial charge on any atom is 0.506 e. The van der Waals surface area contributed by atoms with Gasteiger partial charge in [0, 0.05) is 58.5 Å². The van der Waals surface area contributed by atoms with Crippen LogP contribution in [0.1, 0.15) is 87.0 Å². The molecule has 41 heavy (non-hydrogen) atoms. The van der Waals surface area contributed by atoms with Gasteiger partial charge in [-0.25, -0.2) is 4.79 Å². The molecule has 10 nitrogen and oxygen atoms in total. The molecule has 0 aliphatic heterocycles. The van der Waals surface area contributed by atoms with E-state index >= 15 is 0 Å². The Hall–Kier alpha value is -2.88. The first-order chi connectivity index (χ1) is 18.8. The second kappa shape index (κ2) is 9.85. The zero-order chi connectivity index (χ0) is 31.0. The summed E-state index contributed by atoms with van der Waals surface area (Å²) in [5.41, 5.74) is -4.17. The van der Waals surface area contributed by atoms with Gasteiger partial charge >= 0.3 is 12.1 Å². The Labute approximate surface area is 239 Å². The Bertz CT molecular complexity index is 1260. The van der Waals surface area contributed by atoms with Crippen LogP contribution in [-0.4, -0.2) is 62.8 Å². The Balaban J connectivity index is 1.88. The molecule has 226 valence electrons. The minimum atomic E-state index is -1.67. The summed E-state index contributed by atoms with van der Waals surface area (Å²) in [4.78, 5) is 77.6. The lowest BCUT2D eigenvalue weighted by molar-refractivity contribution is -0.160. The maximum absolute atomic E-state index is 14.5. The van der Waals surface area contributed by atoms with E-state index in [9.17, 15) is 44.1 Å². The molecule has 3 N–H and O–H groups in total. The molecule has 4 aliphatic rings. The summed E-state index contributed by atoms with van der Waals surface area (Å²) in [5, 5.41) is 30.7. The van der Waals surface area contributed by atoms with Crippen molar-refractivity contribution in [2.75, 3.05) is 0 Å². The molecule has 9 atom stereocenters. The zero-order valence-electron chi connectivity index (χ0n) is 24.9. The zero-order valence-corrected chi connectivity index (χ0v) is 24.9. The fraction of sp³-hybridized carbons (Fsp3) is 0.742. The lowest BCUT2D eigenvalue weighted by Crippen LogP contribution is -2.65. The maximum atomic E-state index is 14.5. The highest BCUT2D eigenvalue weighted by molar-refractivity contribution is 6.14. The van der Waals surface area contributed by atoms with Crippen molar-refractivity contribution in [2.24, 2.45) is 45.3 Å². The van der Waals surface area contributed by atoms with E-state index in [1.54, 1.807) is 34.6 Å². The van der Waals surface area contributed by atoms with E-state index in [4.69, 9.17) is 4.74 Å². The molecular weight excluding hydrogens is 532 g/mol. The van der Waals surface area contributed by atoms with Gasteiger partial charge in [-0.1, -0.05) is 48.5 Å². The van der Waals surface area contributed by atoms with E-state index in [0.29, 0.717) is 6.42 Å². The average molecular weight is 575 g/mol. The van der Waals surface area contributed by atoms with Crippen LogP contribution in [0.3, 0.4) is 0 Å². The second-order valence-corrected chi connectivity index (χ2v) is 14.1. The number of ether oxygens (including phenoxy) is 1. The third-order valence-electron chi connectivity index (χ3n) is 11.7. The number of aliphatic carboxylic acids is 1. The summed E-state index contributed by atoms with van der Waals surface area (Å²) in [5.74, 6) is -4.77. The first-order valence-electron chi connectivity index (χ1n) is 14.4. The number of Topliss-reactive ketones (excluding diaryl/α,β-unsaturated/α-hetero) is 4. The number of fused-ring (bicyclic) bond motifs is 4. The summed E-state index contributed by atoms with van der Waals surface area (Å²) >= 11 is 0. The molecule has 0 spiro atoms. The van der Waals surface area contributed by atoms with Crippen LogP contribution in [0.5, 0.6) is 0 Å². The number of rotatable bonds is 7. The van der Waals surface area contributed by atoms with Crippen molar-refractivity contribution in [3.05, 3.63) is 11.1 Å². The Morgan fingerprint density at radius 3 is 2.15 bits per heavy atom. The molecule has 2 saturated carbocycles. The quantitative estimate of drug-likeness (QED) is 0.377. The fourth-order valence-corrected chi connectivity index (χ4v) is 9.19. The number of carbonyl (C=O) groups excluding carboxylic acids is 4. The lowest BCUT2D eigenvalue weighted by Gasteiger charge is -2.60. The average Bonchev–Trinajstić information content (AvgIpc) is 3.07. The predicted octanol–water partition coefficient (Wildman–Crippen LogP) is 4.01. The third kappa shape index (κ3) is 4.22. The van der Waals surface area contributed by atoms with Crippen LogP contribution in [0.15, 0.2) is 11.1 Å². The molecule has 10 heteroatoms. The van der Waals surface area contributed by atoms with Gasteiger partial charge in [-0.15, -0.1) is 0 Å². The molecule has 0 aromatic carbocycles. The van der Waals surface area contributed by atoms with Crippen molar-refractivity contribution in [3.8, 4) is 0 Å². The number of carbonyl (C=O) groups is 6. The summed E-state index contributed by atoms with van der Waals surface area (Å²) in [6.07, 6.45) is -3.94. The summed E-state index contributed by atoms with van der Waals surface area (Å²) in [6.45, 7) is 12.0. The number of carboxylic acid groups (broad SMARTS) is 2. The Morgan fingerprint density at radius 1 is 0.976 bits per heavy atom. The minimum Gasteiger partial charge on any atom is -0.481 e. The molecule has 0 bridgehead atoms. The first-order valence-corrected chi connectivity index (χ1v) is 14.4. The number of aliphatic hydroxyl groups excluding tert-OH is 1. The molecule has 0 unspecified atom stereocenters. The highest BCUT2D eigenvalue weighted by atomic mass is 16.7. The van der Waals surface area contributed by atoms with Crippen molar-refractivity contribution in [2.45, 2.75) is 99.2 Å². The number of hydrogen-bond donors (Lipinski definition) is 3. The minimum absolute atomic E-state index is 0.00569. The SMILES string of the molecule is C[C@H](CC(=O)C[C@H](C)C(=O)O)[C@H]1C[C@@H](O)[C@@]2(C)C3=C(C(=O)[C@@H](OC(=O)O)[C@]12C)[C@@]1(C)CCC(=O)C(C)(C)[C@@H]1CC3=O. The molecule has 0 amide bonds. The first kappa shape index (κ1) is 31.1. The van der Waals surface area contributed by atoms with Crippen LogP contribution in [0.2, 0.25) is 0 Å². The van der Waals surface area contributed by atoms with Crippen LogP contribution in [0, 0.1) is 45.3 Å². The molecule has 0 heterocycles. The van der Waals surface area contributed by atoms with Crippen LogP contribution in [0.25, 0.3) is 0 Å². The second-order valence-electron chi connectivity index (χ2n) is 14.1. The monoisotopic (exact) mass is 574 g/mol. The van der Waals surface area contributed by atoms with Crippen LogP contribution in [-0.2, 0) is 28.7 Å². The van der Waals surface area contributed by atoms with Gasteiger partial charge in [0.15, 0.2) is 11.9 Å². The van der Waals surface area contributed by atoms with Gasteiger partial charge < -0.3 is 20.1 Å². The summed E-state index contributed by atoms with van der Waals surface area (Å²) in [6, 6.07) is 0. The van der Waals surface area contributed by atoms with E-state index in [-0.39, 0.29) is 60.6 Å². The third-order valence-corrected chi connectivity index (χ3v) is 11.7. The highest BCUT2D eigenvalue weighted by Crippen LogP contribution is 2.71. The normalized spacial score (nSPS) is 39.4.